The van der Waals surface area contributed by atoms with Gasteiger partial charge in [-0.2, -0.15) is 0 Å². The zero-order valence-corrected chi connectivity index (χ0v) is 11.8. The van der Waals surface area contributed by atoms with Crippen LogP contribution in [0.15, 0.2) is 42.6 Å². The van der Waals surface area contributed by atoms with E-state index in [0.29, 0.717) is 16.1 Å². The van der Waals surface area contributed by atoms with Crippen LogP contribution in [0.5, 0.6) is 0 Å². The molecule has 0 saturated carbocycles. The molecule has 6 heteroatoms. The second-order valence-electron chi connectivity index (χ2n) is 4.51. The Morgan fingerprint density at radius 3 is 2.95 bits per heavy atom. The average molecular weight is 301 g/mol. The van der Waals surface area contributed by atoms with E-state index in [0.717, 1.165) is 10.2 Å². The van der Waals surface area contributed by atoms with Crippen LogP contribution in [0.3, 0.4) is 0 Å². The quantitative estimate of drug-likeness (QED) is 0.781. The van der Waals surface area contributed by atoms with Gasteiger partial charge < -0.3 is 11.1 Å². The number of aromatic nitrogens is 1. The third-order valence-corrected chi connectivity index (χ3v) is 4.18. The molecule has 0 spiro atoms. The predicted molar refractivity (Wildman–Crippen MR) is 81.6 cm³/mol. The fourth-order valence-electron chi connectivity index (χ4n) is 2.03. The number of hydrogen-bond donors (Lipinski definition) is 2. The van der Waals surface area contributed by atoms with Crippen molar-refractivity contribution in [2.45, 2.75) is 6.54 Å². The van der Waals surface area contributed by atoms with Gasteiger partial charge in [0.2, 0.25) is 0 Å². The highest BCUT2D eigenvalue weighted by atomic mass is 32.1. The molecular formula is C15H12FN3OS. The standard InChI is InChI=1S/C15H12FN3OS/c16-10-4-1-3-9(7-10)8-19-14(20)13-12(17)11-5-2-6-18-15(11)21-13/h1-7H,8,17H2,(H,19,20). The van der Waals surface area contributed by atoms with Crippen molar-refractivity contribution in [1.29, 1.82) is 0 Å². The van der Waals surface area contributed by atoms with Crippen molar-refractivity contribution >= 4 is 33.1 Å². The second-order valence-corrected chi connectivity index (χ2v) is 5.51. The highest BCUT2D eigenvalue weighted by Gasteiger charge is 2.16. The SMILES string of the molecule is Nc1c(C(=O)NCc2cccc(F)c2)sc2ncccc12. The zero-order chi connectivity index (χ0) is 14.8. The predicted octanol–water partition coefficient (Wildman–Crippen LogP) is 2.95. The molecule has 1 aromatic carbocycles. The largest absolute Gasteiger partial charge is 0.397 e. The Labute approximate surface area is 124 Å². The summed E-state index contributed by atoms with van der Waals surface area (Å²) in [5.41, 5.74) is 7.11. The van der Waals surface area contributed by atoms with Crippen LogP contribution >= 0.6 is 11.3 Å². The number of carbonyl (C=O) groups is 1. The number of hydrogen-bond acceptors (Lipinski definition) is 4. The molecule has 0 unspecified atom stereocenters. The van der Waals surface area contributed by atoms with E-state index in [9.17, 15) is 9.18 Å². The van der Waals surface area contributed by atoms with Gasteiger partial charge in [0.05, 0.1) is 5.69 Å². The fourth-order valence-corrected chi connectivity index (χ4v) is 3.01. The number of thiophene rings is 1. The second kappa shape index (κ2) is 5.49. The number of halogens is 1. The molecule has 2 heterocycles. The van der Waals surface area contributed by atoms with Crippen LogP contribution in [0.2, 0.25) is 0 Å². The summed E-state index contributed by atoms with van der Waals surface area (Å²) in [5, 5.41) is 3.52. The normalized spacial score (nSPS) is 10.7. The highest BCUT2D eigenvalue weighted by Crippen LogP contribution is 2.31. The molecule has 3 N–H and O–H groups in total. The van der Waals surface area contributed by atoms with Crippen molar-refractivity contribution in [2.24, 2.45) is 0 Å². The van der Waals surface area contributed by atoms with Crippen LogP contribution in [-0.4, -0.2) is 10.9 Å². The Bertz CT molecular complexity index is 816. The molecule has 0 aliphatic heterocycles. The summed E-state index contributed by atoms with van der Waals surface area (Å²) in [4.78, 5) is 17.5. The molecule has 0 fully saturated rings. The maximum atomic E-state index is 13.1. The van der Waals surface area contributed by atoms with E-state index in [1.165, 1.54) is 23.5 Å². The van der Waals surface area contributed by atoms with Gasteiger partial charge in [0.25, 0.3) is 5.91 Å². The van der Waals surface area contributed by atoms with Crippen LogP contribution in [0, 0.1) is 5.82 Å². The molecule has 106 valence electrons. The highest BCUT2D eigenvalue weighted by molar-refractivity contribution is 7.21. The topological polar surface area (TPSA) is 68.0 Å². The summed E-state index contributed by atoms with van der Waals surface area (Å²) in [6.07, 6.45) is 1.66. The van der Waals surface area contributed by atoms with Crippen LogP contribution in [0.1, 0.15) is 15.2 Å². The molecule has 0 atom stereocenters. The summed E-state index contributed by atoms with van der Waals surface area (Å²) in [5.74, 6) is -0.605. The van der Waals surface area contributed by atoms with E-state index >= 15 is 0 Å². The van der Waals surface area contributed by atoms with E-state index in [2.05, 4.69) is 10.3 Å². The molecule has 0 radical (unpaired) electrons. The van der Waals surface area contributed by atoms with E-state index < -0.39 is 0 Å². The van der Waals surface area contributed by atoms with Gasteiger partial charge in [-0.05, 0) is 29.8 Å². The first-order chi connectivity index (χ1) is 10.1. The number of benzene rings is 1. The van der Waals surface area contributed by atoms with Crippen molar-refractivity contribution in [1.82, 2.24) is 10.3 Å². The molecule has 1 amide bonds. The number of nitrogens with zero attached hydrogens (tertiary/aromatic N) is 1. The molecule has 21 heavy (non-hydrogen) atoms. The van der Waals surface area contributed by atoms with Crippen molar-refractivity contribution in [3.8, 4) is 0 Å². The van der Waals surface area contributed by atoms with Gasteiger partial charge in [-0.1, -0.05) is 12.1 Å². The molecule has 0 aliphatic rings. The van der Waals surface area contributed by atoms with Crippen molar-refractivity contribution < 1.29 is 9.18 Å². The van der Waals surface area contributed by atoms with Crippen LogP contribution in [0.25, 0.3) is 10.2 Å². The molecular weight excluding hydrogens is 289 g/mol. The Kier molecular flexibility index (Phi) is 3.53. The number of fused-ring (bicyclic) bond motifs is 1. The van der Waals surface area contributed by atoms with E-state index in [4.69, 9.17) is 5.73 Å². The zero-order valence-electron chi connectivity index (χ0n) is 11.0. The van der Waals surface area contributed by atoms with Crippen LogP contribution in [-0.2, 0) is 6.54 Å². The molecule has 0 aliphatic carbocycles. The lowest BCUT2D eigenvalue weighted by atomic mass is 10.2. The number of nitrogens with two attached hydrogens (primary N) is 1. The first-order valence-electron chi connectivity index (χ1n) is 6.31. The first-order valence-corrected chi connectivity index (χ1v) is 7.12. The molecule has 3 aromatic rings. The van der Waals surface area contributed by atoms with Gasteiger partial charge >= 0.3 is 0 Å². The van der Waals surface area contributed by atoms with Crippen LogP contribution < -0.4 is 11.1 Å². The number of rotatable bonds is 3. The minimum absolute atomic E-state index is 0.248. The van der Waals surface area contributed by atoms with Gasteiger partial charge in [-0.25, -0.2) is 9.37 Å². The monoisotopic (exact) mass is 301 g/mol. The lowest BCUT2D eigenvalue weighted by Crippen LogP contribution is -2.22. The number of nitrogen functional groups attached to an aromatic ring is 1. The summed E-state index contributed by atoms with van der Waals surface area (Å²) in [6.45, 7) is 0.248. The molecule has 3 rings (SSSR count). The minimum atomic E-state index is -0.327. The van der Waals surface area contributed by atoms with Crippen molar-refractivity contribution in [3.63, 3.8) is 0 Å². The molecule has 4 nitrogen and oxygen atoms in total. The van der Waals surface area contributed by atoms with Crippen molar-refractivity contribution in [3.05, 3.63) is 58.9 Å². The maximum Gasteiger partial charge on any atom is 0.263 e. The summed E-state index contributed by atoms with van der Waals surface area (Å²) < 4.78 is 13.1. The van der Waals surface area contributed by atoms with Gasteiger partial charge in [0.1, 0.15) is 15.5 Å². The summed E-state index contributed by atoms with van der Waals surface area (Å²) in [6, 6.07) is 9.71. The third-order valence-electron chi connectivity index (χ3n) is 3.05. The summed E-state index contributed by atoms with van der Waals surface area (Å²) in [7, 11) is 0. The van der Waals surface area contributed by atoms with Gasteiger partial charge in [-0.3, -0.25) is 4.79 Å². The molecule has 0 bridgehead atoms. The number of pyridine rings is 1. The number of carbonyl (C=O) groups excluding carboxylic acids is 1. The smallest absolute Gasteiger partial charge is 0.263 e. The van der Waals surface area contributed by atoms with Gasteiger partial charge in [0, 0.05) is 18.1 Å². The lowest BCUT2D eigenvalue weighted by molar-refractivity contribution is 0.0956. The van der Waals surface area contributed by atoms with Gasteiger partial charge in [-0.15, -0.1) is 11.3 Å². The maximum absolute atomic E-state index is 13.1. The van der Waals surface area contributed by atoms with E-state index in [-0.39, 0.29) is 18.3 Å². The Morgan fingerprint density at radius 2 is 2.19 bits per heavy atom. The Morgan fingerprint density at radius 1 is 1.33 bits per heavy atom. The Hall–Kier alpha value is -2.47. The number of anilines is 1. The van der Waals surface area contributed by atoms with Gasteiger partial charge in [0.15, 0.2) is 0 Å². The fraction of sp³-hybridized carbons (Fsp3) is 0.0667. The van der Waals surface area contributed by atoms with Crippen LogP contribution in [0.4, 0.5) is 10.1 Å². The first kappa shape index (κ1) is 13.5. The minimum Gasteiger partial charge on any atom is -0.397 e. The van der Waals surface area contributed by atoms with E-state index in [1.54, 1.807) is 24.4 Å². The molecule has 0 saturated heterocycles. The molecule has 2 aromatic heterocycles. The third kappa shape index (κ3) is 2.71. The average Bonchev–Trinajstić information content (AvgIpc) is 2.83. The number of nitrogens with one attached hydrogen (secondary N) is 1. The lowest BCUT2D eigenvalue weighted by Gasteiger charge is -2.04. The Balaban J connectivity index is 1.79. The van der Waals surface area contributed by atoms with Crippen molar-refractivity contribution in [2.75, 3.05) is 5.73 Å². The van der Waals surface area contributed by atoms with E-state index in [1.807, 2.05) is 6.07 Å². The summed E-state index contributed by atoms with van der Waals surface area (Å²) >= 11 is 1.25. The number of amides is 1.